The first-order valence-electron chi connectivity index (χ1n) is 21.3. The number of fused-ring (bicyclic) bond motifs is 3. The van der Waals surface area contributed by atoms with Crippen molar-refractivity contribution in [1.29, 1.82) is 0 Å². The highest BCUT2D eigenvalue weighted by Gasteiger charge is 2.19. The molecule has 0 amide bonds. The van der Waals surface area contributed by atoms with Gasteiger partial charge in [0, 0.05) is 16.5 Å². The van der Waals surface area contributed by atoms with Crippen LogP contribution in [0.3, 0.4) is 0 Å². The number of hydrogen-bond donors (Lipinski definition) is 0. The van der Waals surface area contributed by atoms with E-state index >= 15 is 0 Å². The molecule has 60 heavy (non-hydrogen) atoms. The van der Waals surface area contributed by atoms with E-state index in [0.717, 1.165) is 12.8 Å². The molecule has 0 spiro atoms. The molecule has 9 aromatic carbocycles. The highest BCUT2D eigenvalue weighted by molar-refractivity contribution is 6.10. The fourth-order valence-corrected chi connectivity index (χ4v) is 9.44. The lowest BCUT2D eigenvalue weighted by Gasteiger charge is -2.21. The fourth-order valence-electron chi connectivity index (χ4n) is 9.44. The van der Waals surface area contributed by atoms with Crippen molar-refractivity contribution in [3.63, 3.8) is 0 Å². The molecule has 0 saturated heterocycles. The topological polar surface area (TPSA) is 4.93 Å². The molecule has 1 unspecified atom stereocenters. The Labute approximate surface area is 353 Å². The van der Waals surface area contributed by atoms with Crippen LogP contribution in [0.2, 0.25) is 0 Å². The second-order valence-corrected chi connectivity index (χ2v) is 16.0. The number of nitrogens with zero attached hydrogens (tertiary/aromatic N) is 1. The van der Waals surface area contributed by atoms with Crippen molar-refractivity contribution in [3.8, 4) is 61.3 Å². The normalized spacial score (nSPS) is 11.9. The molecular formula is C59H47N. The van der Waals surface area contributed by atoms with Crippen LogP contribution in [-0.2, 0) is 6.42 Å². The van der Waals surface area contributed by atoms with E-state index in [4.69, 9.17) is 0 Å². The van der Waals surface area contributed by atoms with E-state index < -0.39 is 0 Å². The van der Waals surface area contributed by atoms with Gasteiger partial charge in [-0.1, -0.05) is 201 Å². The van der Waals surface area contributed by atoms with Crippen molar-refractivity contribution in [3.05, 3.63) is 235 Å². The summed E-state index contributed by atoms with van der Waals surface area (Å²) in [7, 11) is 0. The van der Waals surface area contributed by atoms with Crippen LogP contribution >= 0.6 is 0 Å². The molecule has 0 bridgehead atoms. The summed E-state index contributed by atoms with van der Waals surface area (Å²) in [5.41, 5.74) is 20.2. The summed E-state index contributed by atoms with van der Waals surface area (Å²) in [6.07, 6.45) is 2.00. The maximum absolute atomic E-state index is 2.47. The Morgan fingerprint density at radius 2 is 0.917 bits per heavy atom. The zero-order valence-electron chi connectivity index (χ0n) is 34.2. The van der Waals surface area contributed by atoms with Crippen molar-refractivity contribution in [1.82, 2.24) is 4.57 Å². The van der Waals surface area contributed by atoms with Crippen LogP contribution < -0.4 is 0 Å². The highest BCUT2D eigenvalue weighted by Crippen LogP contribution is 2.41. The maximum atomic E-state index is 2.47. The van der Waals surface area contributed by atoms with Gasteiger partial charge in [-0.25, -0.2) is 0 Å². The van der Waals surface area contributed by atoms with Gasteiger partial charge >= 0.3 is 0 Å². The number of para-hydroxylation sites is 1. The number of hydrogen-bond acceptors (Lipinski definition) is 0. The zero-order valence-corrected chi connectivity index (χ0v) is 34.2. The van der Waals surface area contributed by atoms with Crippen molar-refractivity contribution < 1.29 is 0 Å². The average Bonchev–Trinajstić information content (AvgIpc) is 3.65. The van der Waals surface area contributed by atoms with E-state index in [1.165, 1.54) is 99.8 Å². The second kappa shape index (κ2) is 16.2. The molecule has 1 nitrogen and oxygen atoms in total. The molecule has 0 radical (unpaired) electrons. The molecule has 0 aliphatic carbocycles. The minimum absolute atomic E-state index is 0.355. The van der Waals surface area contributed by atoms with Gasteiger partial charge in [0.15, 0.2) is 0 Å². The molecule has 0 aliphatic heterocycles. The largest absolute Gasteiger partial charge is 0.309 e. The number of aromatic nitrogens is 1. The molecule has 288 valence electrons. The molecule has 0 saturated carbocycles. The van der Waals surface area contributed by atoms with Gasteiger partial charge in [0.25, 0.3) is 0 Å². The first kappa shape index (κ1) is 37.1. The molecule has 0 aliphatic rings. The van der Waals surface area contributed by atoms with Gasteiger partial charge in [-0.2, -0.15) is 0 Å². The van der Waals surface area contributed by atoms with Crippen LogP contribution in [-0.4, -0.2) is 4.57 Å². The molecule has 10 aromatic rings. The monoisotopic (exact) mass is 769 g/mol. The first-order chi connectivity index (χ1) is 29.6. The van der Waals surface area contributed by atoms with Crippen LogP contribution in [0, 0.1) is 6.92 Å². The van der Waals surface area contributed by atoms with Gasteiger partial charge in [-0.3, -0.25) is 0 Å². The average molecular weight is 770 g/mol. The van der Waals surface area contributed by atoms with E-state index in [2.05, 4.69) is 237 Å². The van der Waals surface area contributed by atoms with Gasteiger partial charge in [0.05, 0.1) is 11.0 Å². The summed E-state index contributed by atoms with van der Waals surface area (Å²) >= 11 is 0. The van der Waals surface area contributed by atoms with E-state index in [-0.39, 0.29) is 0 Å². The lowest BCUT2D eigenvalue weighted by Crippen LogP contribution is -2.05. The smallest absolute Gasteiger partial charge is 0.0547 e. The third kappa shape index (κ3) is 6.93. The predicted molar refractivity (Wildman–Crippen MR) is 256 cm³/mol. The summed E-state index contributed by atoms with van der Waals surface area (Å²) < 4.78 is 2.47. The van der Waals surface area contributed by atoms with Crippen molar-refractivity contribution >= 4 is 21.8 Å². The van der Waals surface area contributed by atoms with Gasteiger partial charge in [0.1, 0.15) is 0 Å². The summed E-state index contributed by atoms with van der Waals surface area (Å²) in [4.78, 5) is 0. The third-order valence-corrected chi connectivity index (χ3v) is 12.4. The van der Waals surface area contributed by atoms with Crippen molar-refractivity contribution in [2.24, 2.45) is 0 Å². The molecule has 1 aromatic heterocycles. The van der Waals surface area contributed by atoms with E-state index in [9.17, 15) is 0 Å². The van der Waals surface area contributed by atoms with E-state index in [1.54, 1.807) is 0 Å². The fraction of sp³-hybridized carbons (Fsp3) is 0.0847. The first-order valence-corrected chi connectivity index (χ1v) is 21.3. The molecule has 0 fully saturated rings. The number of aryl methyl sites for hydroxylation is 1. The summed E-state index contributed by atoms with van der Waals surface area (Å²) in [5.74, 6) is 0.355. The predicted octanol–water partition coefficient (Wildman–Crippen LogP) is 16.2. The van der Waals surface area contributed by atoms with Crippen molar-refractivity contribution in [2.45, 2.75) is 32.6 Å². The van der Waals surface area contributed by atoms with Gasteiger partial charge in [0.2, 0.25) is 0 Å². The van der Waals surface area contributed by atoms with Crippen LogP contribution in [0.5, 0.6) is 0 Å². The molecule has 10 rings (SSSR count). The summed E-state index contributed by atoms with van der Waals surface area (Å²) in [6.45, 7) is 4.60. The van der Waals surface area contributed by atoms with Gasteiger partial charge < -0.3 is 4.57 Å². The standard InChI is InChI=1S/C59H47N/c1-3-43(50-25-14-15-30-55(50)49-35-33-46(37-41(49)2)53-28-12-10-26-51(53)44-20-6-4-7-21-44)38-42-19-18-24-48(39-42)60-58-32-17-16-31-56(58)57-36-34-47(40-59(57)60)54-29-13-11-27-52(54)45-22-8-5-9-23-45/h4-37,39-40,43H,3,38H2,1-2H3. The van der Waals surface area contributed by atoms with Crippen LogP contribution in [0.4, 0.5) is 0 Å². The Bertz CT molecular complexity index is 3110. The summed E-state index contributed by atoms with van der Waals surface area (Å²) in [6, 6.07) is 80.1. The minimum atomic E-state index is 0.355. The Morgan fingerprint density at radius 1 is 0.383 bits per heavy atom. The molecular weight excluding hydrogens is 723 g/mol. The number of rotatable bonds is 10. The highest BCUT2D eigenvalue weighted by atomic mass is 15.0. The lowest BCUT2D eigenvalue weighted by molar-refractivity contribution is 0.661. The lowest BCUT2D eigenvalue weighted by atomic mass is 9.83. The third-order valence-electron chi connectivity index (χ3n) is 12.4. The van der Waals surface area contributed by atoms with Crippen LogP contribution in [0.25, 0.3) is 83.1 Å². The molecule has 0 N–H and O–H groups in total. The number of benzene rings is 9. The second-order valence-electron chi connectivity index (χ2n) is 16.0. The van der Waals surface area contributed by atoms with E-state index in [0.29, 0.717) is 5.92 Å². The Morgan fingerprint density at radius 3 is 1.57 bits per heavy atom. The van der Waals surface area contributed by atoms with Gasteiger partial charge in [-0.15, -0.1) is 0 Å². The maximum Gasteiger partial charge on any atom is 0.0547 e. The van der Waals surface area contributed by atoms with Crippen molar-refractivity contribution in [2.75, 3.05) is 0 Å². The quantitative estimate of drug-likeness (QED) is 0.131. The van der Waals surface area contributed by atoms with E-state index in [1.807, 2.05) is 0 Å². The van der Waals surface area contributed by atoms with Crippen LogP contribution in [0.1, 0.15) is 36.0 Å². The SMILES string of the molecule is CCC(Cc1cccc(-n2c3ccccc3c3ccc(-c4ccccc4-c4ccccc4)cc32)c1)c1ccccc1-c1ccc(-c2ccccc2-c2ccccc2)cc1C. The zero-order chi connectivity index (χ0) is 40.4. The van der Waals surface area contributed by atoms with Gasteiger partial charge in [-0.05, 0) is 122 Å². The Kier molecular flexibility index (Phi) is 10.0. The Balaban J connectivity index is 1.00. The Hall–Kier alpha value is -7.22. The molecule has 1 atom stereocenters. The molecule has 1 heterocycles. The summed E-state index contributed by atoms with van der Waals surface area (Å²) in [5, 5.41) is 2.54. The minimum Gasteiger partial charge on any atom is -0.309 e. The molecule has 1 heteroatoms. The van der Waals surface area contributed by atoms with Crippen LogP contribution in [0.15, 0.2) is 218 Å².